The number of rotatable bonds is 5. The lowest BCUT2D eigenvalue weighted by molar-refractivity contribution is -0.125. The van der Waals surface area contributed by atoms with E-state index in [1.807, 2.05) is 48.6 Å². The Labute approximate surface area is 204 Å². The number of aromatic hydroxyl groups is 2. The van der Waals surface area contributed by atoms with Crippen molar-refractivity contribution in [2.24, 2.45) is 11.1 Å². The minimum absolute atomic E-state index is 0.0427. The summed E-state index contributed by atoms with van der Waals surface area (Å²) in [5, 5.41) is 27.2. The number of cyclic esters (lactones) is 1. The molecular formula is C27H30N2O6. The molecule has 0 aliphatic carbocycles. The Morgan fingerprint density at radius 3 is 2.80 bits per heavy atom. The Kier molecular flexibility index (Phi) is 9.48. The van der Waals surface area contributed by atoms with Crippen molar-refractivity contribution in [1.29, 1.82) is 0 Å². The molecule has 1 aliphatic rings. The maximum absolute atomic E-state index is 12.6. The van der Waals surface area contributed by atoms with Crippen LogP contribution in [0, 0.1) is 5.92 Å². The van der Waals surface area contributed by atoms with Crippen LogP contribution in [0.15, 0.2) is 71.9 Å². The molecule has 1 atom stereocenters. The molecule has 8 nitrogen and oxygen atoms in total. The minimum atomic E-state index is -0.694. The molecule has 1 aliphatic heterocycles. The quantitative estimate of drug-likeness (QED) is 0.339. The highest BCUT2D eigenvalue weighted by atomic mass is 16.6. The fourth-order valence-electron chi connectivity index (χ4n) is 3.50. The number of hydrogen-bond donors (Lipinski definition) is 3. The predicted octanol–water partition coefficient (Wildman–Crippen LogP) is 4.03. The van der Waals surface area contributed by atoms with E-state index >= 15 is 0 Å². The lowest BCUT2D eigenvalue weighted by atomic mass is 9.99. The summed E-state index contributed by atoms with van der Waals surface area (Å²) in [6.45, 7) is 2.32. The number of nitrogens with zero attached hydrogens (tertiary/aromatic N) is 1. The van der Waals surface area contributed by atoms with E-state index in [0.717, 1.165) is 18.1 Å². The van der Waals surface area contributed by atoms with Crippen molar-refractivity contribution in [1.82, 2.24) is 5.32 Å². The maximum Gasteiger partial charge on any atom is 0.342 e. The van der Waals surface area contributed by atoms with E-state index in [1.165, 1.54) is 6.07 Å². The summed E-state index contributed by atoms with van der Waals surface area (Å²) in [6.07, 6.45) is 9.02. The Bertz CT molecular complexity index is 1110. The van der Waals surface area contributed by atoms with Gasteiger partial charge in [0.05, 0.1) is 12.3 Å². The largest absolute Gasteiger partial charge is 0.508 e. The second kappa shape index (κ2) is 13.0. The summed E-state index contributed by atoms with van der Waals surface area (Å²) in [5.41, 5.74) is 1.66. The van der Waals surface area contributed by atoms with Crippen LogP contribution in [0.1, 0.15) is 41.3 Å². The van der Waals surface area contributed by atoms with Crippen molar-refractivity contribution in [2.45, 2.75) is 32.7 Å². The van der Waals surface area contributed by atoms with Gasteiger partial charge in [-0.15, -0.1) is 0 Å². The van der Waals surface area contributed by atoms with Crippen LogP contribution in [0.3, 0.4) is 0 Å². The second-order valence-corrected chi connectivity index (χ2v) is 8.26. The highest BCUT2D eigenvalue weighted by Gasteiger charge is 2.20. The smallest absolute Gasteiger partial charge is 0.342 e. The Hall–Kier alpha value is -4.07. The first kappa shape index (κ1) is 25.6. The van der Waals surface area contributed by atoms with Gasteiger partial charge < -0.3 is 25.1 Å². The zero-order valence-electron chi connectivity index (χ0n) is 19.6. The first-order valence-corrected chi connectivity index (χ1v) is 11.5. The SMILES string of the molecule is CC1/C=C/CCOC(=O)c2c(O)cc(O)cc2CC(=N/OCC(=O)NCc2ccccc2)/C=C/C1. The molecule has 0 radical (unpaired) electrons. The lowest BCUT2D eigenvalue weighted by Crippen LogP contribution is -2.26. The fourth-order valence-corrected chi connectivity index (χ4v) is 3.50. The van der Waals surface area contributed by atoms with Gasteiger partial charge in [0, 0.05) is 19.0 Å². The molecule has 3 rings (SSSR count). The van der Waals surface area contributed by atoms with Crippen LogP contribution in [-0.4, -0.2) is 41.0 Å². The standard InChI is InChI=1S/C27H30N2O6/c1-19-8-5-6-13-34-27(33)26-21(15-23(30)16-24(26)31)14-22(12-7-9-19)29-35-18-25(32)28-17-20-10-3-2-4-11-20/h2-5,7-8,10-12,15-16,19,30-31H,6,9,13-14,17-18H2,1H3,(H,28,32)/b8-5+,12-7+,29-22+. The highest BCUT2D eigenvalue weighted by Crippen LogP contribution is 2.29. The Balaban J connectivity index is 1.76. The topological polar surface area (TPSA) is 117 Å². The van der Waals surface area contributed by atoms with Gasteiger partial charge in [0.25, 0.3) is 5.91 Å². The van der Waals surface area contributed by atoms with Gasteiger partial charge in [0.15, 0.2) is 6.61 Å². The van der Waals surface area contributed by atoms with Crippen LogP contribution < -0.4 is 5.32 Å². The number of fused-ring (bicyclic) bond motifs is 1. The number of benzene rings is 2. The number of phenols is 2. The molecule has 3 N–H and O–H groups in total. The van der Waals surface area contributed by atoms with Gasteiger partial charge in [-0.2, -0.15) is 0 Å². The van der Waals surface area contributed by atoms with Crippen LogP contribution in [-0.2, 0) is 27.3 Å². The lowest BCUT2D eigenvalue weighted by Gasteiger charge is -2.13. The monoisotopic (exact) mass is 478 g/mol. The van der Waals surface area contributed by atoms with Gasteiger partial charge in [0.2, 0.25) is 0 Å². The van der Waals surface area contributed by atoms with Gasteiger partial charge in [0.1, 0.15) is 17.1 Å². The van der Waals surface area contributed by atoms with Crippen molar-refractivity contribution in [3.8, 4) is 11.5 Å². The van der Waals surface area contributed by atoms with E-state index in [2.05, 4.69) is 17.4 Å². The molecule has 0 saturated heterocycles. The Morgan fingerprint density at radius 2 is 2.00 bits per heavy atom. The van der Waals surface area contributed by atoms with E-state index in [-0.39, 0.29) is 48.5 Å². The molecule has 2 aromatic rings. The molecule has 2 aromatic carbocycles. The zero-order chi connectivity index (χ0) is 25.0. The summed E-state index contributed by atoms with van der Waals surface area (Å²) < 4.78 is 5.31. The molecule has 0 aromatic heterocycles. The van der Waals surface area contributed by atoms with E-state index < -0.39 is 5.97 Å². The summed E-state index contributed by atoms with van der Waals surface area (Å²) in [4.78, 5) is 30.1. The third-order valence-electron chi connectivity index (χ3n) is 5.27. The molecule has 1 amide bonds. The number of amides is 1. The second-order valence-electron chi connectivity index (χ2n) is 8.26. The van der Waals surface area contributed by atoms with Crippen LogP contribution in [0.5, 0.6) is 11.5 Å². The van der Waals surface area contributed by atoms with Gasteiger partial charge in [-0.1, -0.05) is 60.6 Å². The van der Waals surface area contributed by atoms with E-state index in [1.54, 1.807) is 6.08 Å². The number of phenolic OH excluding ortho intramolecular Hbond substituents is 2. The molecule has 1 heterocycles. The van der Waals surface area contributed by atoms with Crippen molar-refractivity contribution >= 4 is 17.6 Å². The number of esters is 1. The van der Waals surface area contributed by atoms with Crippen LogP contribution in [0.25, 0.3) is 0 Å². The van der Waals surface area contributed by atoms with Gasteiger partial charge in [-0.25, -0.2) is 4.79 Å². The van der Waals surface area contributed by atoms with Crippen molar-refractivity contribution in [2.75, 3.05) is 13.2 Å². The third kappa shape index (κ3) is 8.33. The van der Waals surface area contributed by atoms with Crippen LogP contribution in [0.2, 0.25) is 0 Å². The van der Waals surface area contributed by atoms with E-state index in [4.69, 9.17) is 9.57 Å². The third-order valence-corrected chi connectivity index (χ3v) is 5.27. The summed E-state index contributed by atoms with van der Waals surface area (Å²) in [6, 6.07) is 12.0. The zero-order valence-corrected chi connectivity index (χ0v) is 19.6. The number of oxime groups is 1. The molecule has 0 spiro atoms. The molecule has 35 heavy (non-hydrogen) atoms. The summed E-state index contributed by atoms with van der Waals surface area (Å²) >= 11 is 0. The summed E-state index contributed by atoms with van der Waals surface area (Å²) in [7, 11) is 0. The molecule has 0 fully saturated rings. The normalized spacial score (nSPS) is 19.6. The molecule has 1 unspecified atom stereocenters. The van der Waals surface area contributed by atoms with Gasteiger partial charge >= 0.3 is 5.97 Å². The fraction of sp³-hybridized carbons (Fsp3) is 0.296. The number of carbonyl (C=O) groups excluding carboxylic acids is 2. The molecular weight excluding hydrogens is 448 g/mol. The minimum Gasteiger partial charge on any atom is -0.508 e. The molecule has 184 valence electrons. The van der Waals surface area contributed by atoms with Gasteiger partial charge in [-0.05, 0) is 42.0 Å². The van der Waals surface area contributed by atoms with E-state index in [9.17, 15) is 19.8 Å². The van der Waals surface area contributed by atoms with Crippen molar-refractivity contribution in [3.05, 3.63) is 83.5 Å². The van der Waals surface area contributed by atoms with Gasteiger partial charge in [-0.3, -0.25) is 4.79 Å². The maximum atomic E-state index is 12.6. The van der Waals surface area contributed by atoms with Crippen molar-refractivity contribution < 1.29 is 29.4 Å². The number of ether oxygens (including phenoxy) is 1. The molecule has 0 saturated carbocycles. The molecule has 8 heteroatoms. The Morgan fingerprint density at radius 1 is 1.20 bits per heavy atom. The van der Waals surface area contributed by atoms with Crippen LogP contribution in [0.4, 0.5) is 0 Å². The summed E-state index contributed by atoms with van der Waals surface area (Å²) in [5.74, 6) is -1.35. The van der Waals surface area contributed by atoms with Crippen molar-refractivity contribution in [3.63, 3.8) is 0 Å². The first-order valence-electron chi connectivity index (χ1n) is 11.5. The highest BCUT2D eigenvalue weighted by molar-refractivity contribution is 6.00. The predicted molar refractivity (Wildman–Crippen MR) is 132 cm³/mol. The number of nitrogens with one attached hydrogen (secondary N) is 1. The number of allylic oxidation sites excluding steroid dienone is 3. The number of carbonyl (C=O) groups is 2. The average molecular weight is 479 g/mol. The van der Waals surface area contributed by atoms with E-state index in [0.29, 0.717) is 24.2 Å². The van der Waals surface area contributed by atoms with Crippen LogP contribution >= 0.6 is 0 Å². The molecule has 0 bridgehead atoms. The average Bonchev–Trinajstić information content (AvgIpc) is 2.82. The number of hydrogen-bond acceptors (Lipinski definition) is 7. The first-order chi connectivity index (χ1) is 16.9.